The van der Waals surface area contributed by atoms with Crippen molar-refractivity contribution < 1.29 is 17.9 Å². The fraction of sp³-hybridized carbons (Fsp3) is 0.417. The van der Waals surface area contributed by atoms with Crippen molar-refractivity contribution in [3.63, 3.8) is 0 Å². The molecule has 0 radical (unpaired) electrons. The Labute approximate surface area is 188 Å². The van der Waals surface area contributed by atoms with E-state index >= 15 is 0 Å². The van der Waals surface area contributed by atoms with Gasteiger partial charge in [0.25, 0.3) is 0 Å². The van der Waals surface area contributed by atoms with Crippen molar-refractivity contribution >= 4 is 26.8 Å². The third kappa shape index (κ3) is 4.65. The van der Waals surface area contributed by atoms with Crippen LogP contribution in [0.1, 0.15) is 44.5 Å². The largest absolute Gasteiger partial charge is 0.494 e. The minimum absolute atomic E-state index is 0.0132. The molecule has 1 atom stereocenters. The van der Waals surface area contributed by atoms with E-state index in [1.54, 1.807) is 12.1 Å². The maximum atomic E-state index is 13.0. The van der Waals surface area contributed by atoms with Crippen molar-refractivity contribution in [1.29, 1.82) is 0 Å². The van der Waals surface area contributed by atoms with Crippen molar-refractivity contribution in [2.24, 2.45) is 0 Å². The van der Waals surface area contributed by atoms with Gasteiger partial charge in [0.15, 0.2) is 9.84 Å². The fourth-order valence-electron chi connectivity index (χ4n) is 4.35. The van der Waals surface area contributed by atoms with Gasteiger partial charge in [0.1, 0.15) is 11.6 Å². The van der Waals surface area contributed by atoms with E-state index in [0.29, 0.717) is 25.2 Å². The Hall–Kier alpha value is -2.87. The average molecular weight is 456 g/mol. The van der Waals surface area contributed by atoms with Crippen LogP contribution in [0.5, 0.6) is 5.75 Å². The molecule has 0 spiro atoms. The molecule has 8 heteroatoms. The first kappa shape index (κ1) is 22.3. The van der Waals surface area contributed by atoms with E-state index in [2.05, 4.69) is 17.6 Å². The molecule has 1 saturated heterocycles. The second kappa shape index (κ2) is 9.32. The smallest absolute Gasteiger partial charge is 0.223 e. The minimum Gasteiger partial charge on any atom is -0.494 e. The summed E-state index contributed by atoms with van der Waals surface area (Å²) in [5, 5.41) is 0. The molecule has 0 N–H and O–H groups in total. The molecule has 1 aliphatic heterocycles. The third-order valence-electron chi connectivity index (χ3n) is 5.93. The van der Waals surface area contributed by atoms with E-state index in [0.717, 1.165) is 42.8 Å². The first-order chi connectivity index (χ1) is 15.4. The lowest BCUT2D eigenvalue weighted by molar-refractivity contribution is -0.132. The number of nitrogens with zero attached hydrogens (tertiary/aromatic N) is 3. The molecular formula is C24H29N3O4S. The molecule has 4 rings (SSSR count). The van der Waals surface area contributed by atoms with Crippen LogP contribution in [0.4, 0.5) is 0 Å². The van der Waals surface area contributed by atoms with Gasteiger partial charge in [-0.05, 0) is 62.6 Å². The summed E-state index contributed by atoms with van der Waals surface area (Å²) in [4.78, 5) is 20.1. The van der Waals surface area contributed by atoms with Gasteiger partial charge in [0.05, 0.1) is 28.6 Å². The second-order valence-corrected chi connectivity index (χ2v) is 10.2. The van der Waals surface area contributed by atoms with Crippen molar-refractivity contribution in [2.75, 3.05) is 19.4 Å². The highest BCUT2D eigenvalue weighted by molar-refractivity contribution is 7.90. The highest BCUT2D eigenvalue weighted by Crippen LogP contribution is 2.34. The van der Waals surface area contributed by atoms with Gasteiger partial charge >= 0.3 is 0 Å². The van der Waals surface area contributed by atoms with Gasteiger partial charge in [0, 0.05) is 25.8 Å². The molecule has 1 unspecified atom stereocenters. The number of carbonyl (C=O) groups excluding carboxylic acids is 1. The number of aromatic nitrogens is 2. The zero-order chi connectivity index (χ0) is 22.7. The zero-order valence-corrected chi connectivity index (χ0v) is 19.3. The van der Waals surface area contributed by atoms with Crippen LogP contribution in [0.25, 0.3) is 11.0 Å². The molecule has 170 valence electrons. The Bertz CT molecular complexity index is 1200. The quantitative estimate of drug-likeness (QED) is 0.480. The minimum atomic E-state index is -3.22. The Kier molecular flexibility index (Phi) is 6.50. The van der Waals surface area contributed by atoms with Crippen molar-refractivity contribution in [2.45, 2.75) is 50.1 Å². The van der Waals surface area contributed by atoms with E-state index in [-0.39, 0.29) is 16.8 Å². The lowest BCUT2D eigenvalue weighted by atomic mass is 10.2. The summed E-state index contributed by atoms with van der Waals surface area (Å²) >= 11 is 0. The number of rotatable bonds is 8. The number of sulfone groups is 1. The van der Waals surface area contributed by atoms with E-state index < -0.39 is 9.84 Å². The van der Waals surface area contributed by atoms with Crippen LogP contribution in [-0.2, 0) is 21.2 Å². The maximum Gasteiger partial charge on any atom is 0.223 e. The molecule has 32 heavy (non-hydrogen) atoms. The topological polar surface area (TPSA) is 81.5 Å². The predicted molar refractivity (Wildman–Crippen MR) is 123 cm³/mol. The lowest BCUT2D eigenvalue weighted by Gasteiger charge is -2.25. The molecule has 0 bridgehead atoms. The molecule has 1 aromatic heterocycles. The van der Waals surface area contributed by atoms with Gasteiger partial charge in [-0.25, -0.2) is 13.4 Å². The molecule has 0 saturated carbocycles. The van der Waals surface area contributed by atoms with Crippen LogP contribution in [0.2, 0.25) is 0 Å². The van der Waals surface area contributed by atoms with Crippen molar-refractivity contribution in [3.05, 3.63) is 54.4 Å². The van der Waals surface area contributed by atoms with E-state index in [1.165, 1.54) is 18.4 Å². The SMILES string of the molecule is CCn1c(C2CCCN2C(=O)CCCOc2ccc(S(C)(=O)=O)cc2)nc2ccccc21. The highest BCUT2D eigenvalue weighted by atomic mass is 32.2. The number of para-hydroxylation sites is 2. The maximum absolute atomic E-state index is 13.0. The zero-order valence-electron chi connectivity index (χ0n) is 18.5. The number of hydrogen-bond donors (Lipinski definition) is 0. The number of fused-ring (bicyclic) bond motifs is 1. The van der Waals surface area contributed by atoms with E-state index in [4.69, 9.17) is 9.72 Å². The van der Waals surface area contributed by atoms with Gasteiger partial charge in [0.2, 0.25) is 5.91 Å². The summed E-state index contributed by atoms with van der Waals surface area (Å²) in [7, 11) is -3.22. The Morgan fingerprint density at radius 3 is 2.62 bits per heavy atom. The molecule has 3 aromatic rings. The molecule has 1 aliphatic rings. The Balaban J connectivity index is 1.35. The molecule has 2 heterocycles. The molecule has 1 fully saturated rings. The van der Waals surface area contributed by atoms with Crippen molar-refractivity contribution in [1.82, 2.24) is 14.5 Å². The van der Waals surface area contributed by atoms with Crippen LogP contribution >= 0.6 is 0 Å². The summed E-state index contributed by atoms with van der Waals surface area (Å²) < 4.78 is 31.0. The number of benzene rings is 2. The lowest BCUT2D eigenvalue weighted by Crippen LogP contribution is -2.32. The fourth-order valence-corrected chi connectivity index (χ4v) is 4.99. The molecule has 2 aromatic carbocycles. The van der Waals surface area contributed by atoms with E-state index in [9.17, 15) is 13.2 Å². The van der Waals surface area contributed by atoms with Gasteiger partial charge in [-0.2, -0.15) is 0 Å². The van der Waals surface area contributed by atoms with Gasteiger partial charge in [-0.1, -0.05) is 12.1 Å². The summed E-state index contributed by atoms with van der Waals surface area (Å²) in [5.74, 6) is 1.69. The van der Waals surface area contributed by atoms with Crippen molar-refractivity contribution in [3.8, 4) is 5.75 Å². The molecule has 7 nitrogen and oxygen atoms in total. The predicted octanol–water partition coefficient (Wildman–Crippen LogP) is 3.98. The molecule has 0 aliphatic carbocycles. The Morgan fingerprint density at radius 2 is 1.91 bits per heavy atom. The first-order valence-corrected chi connectivity index (χ1v) is 12.9. The van der Waals surface area contributed by atoms with Gasteiger partial charge < -0.3 is 14.2 Å². The summed E-state index contributed by atoms with van der Waals surface area (Å²) in [5.41, 5.74) is 2.08. The van der Waals surface area contributed by atoms with Gasteiger partial charge in [-0.15, -0.1) is 0 Å². The highest BCUT2D eigenvalue weighted by Gasteiger charge is 2.33. The Morgan fingerprint density at radius 1 is 1.16 bits per heavy atom. The van der Waals surface area contributed by atoms with Crippen LogP contribution in [0.3, 0.4) is 0 Å². The van der Waals surface area contributed by atoms with Gasteiger partial charge in [-0.3, -0.25) is 4.79 Å². The standard InChI is InChI=1S/C24H29N3O4S/c1-3-26-21-9-5-4-8-20(21)25-24(26)22-10-6-16-27(22)23(28)11-7-17-31-18-12-14-19(15-13-18)32(2,29)30/h4-5,8-9,12-15,22H,3,6-7,10-11,16-17H2,1-2H3. The number of ether oxygens (including phenoxy) is 1. The number of likely N-dealkylation sites (tertiary alicyclic amines) is 1. The van der Waals surface area contributed by atoms with E-state index in [1.807, 2.05) is 23.1 Å². The average Bonchev–Trinajstić information content (AvgIpc) is 3.40. The first-order valence-electron chi connectivity index (χ1n) is 11.1. The second-order valence-electron chi connectivity index (χ2n) is 8.14. The number of carbonyl (C=O) groups is 1. The number of imidazole rings is 1. The number of amides is 1. The number of hydrogen-bond acceptors (Lipinski definition) is 5. The van der Waals surface area contributed by atoms with Crippen LogP contribution in [0.15, 0.2) is 53.4 Å². The summed E-state index contributed by atoms with van der Waals surface area (Å²) in [6.07, 6.45) is 4.09. The molecular weight excluding hydrogens is 426 g/mol. The number of aryl methyl sites for hydroxylation is 1. The monoisotopic (exact) mass is 455 g/mol. The summed E-state index contributed by atoms with van der Waals surface area (Å²) in [6.45, 7) is 4.08. The third-order valence-corrected chi connectivity index (χ3v) is 7.06. The van der Waals surface area contributed by atoms with Crippen LogP contribution in [0, 0.1) is 0 Å². The van der Waals surface area contributed by atoms with Crippen LogP contribution < -0.4 is 4.74 Å². The molecule has 1 amide bonds. The normalized spacial score (nSPS) is 16.6. The summed E-state index contributed by atoms with van der Waals surface area (Å²) in [6, 6.07) is 14.5. The van der Waals surface area contributed by atoms with Crippen LogP contribution in [-0.4, -0.2) is 48.2 Å².